The van der Waals surface area contributed by atoms with Gasteiger partial charge in [0, 0.05) is 0 Å². The van der Waals surface area contributed by atoms with Crippen LogP contribution < -0.4 is 15.2 Å². The molecule has 0 atom stereocenters. The van der Waals surface area contributed by atoms with Crippen LogP contribution in [0.3, 0.4) is 0 Å². The second-order valence-electron chi connectivity index (χ2n) is 4.73. The van der Waals surface area contributed by atoms with Gasteiger partial charge in [0.05, 0.1) is 6.61 Å². The number of rotatable bonds is 7. The van der Waals surface area contributed by atoms with E-state index in [9.17, 15) is 4.39 Å². The van der Waals surface area contributed by atoms with Crippen LogP contribution in [0.1, 0.15) is 18.9 Å². The molecule has 112 valence electrons. The zero-order chi connectivity index (χ0) is 15.1. The number of ether oxygens (including phenoxy) is 2. The summed E-state index contributed by atoms with van der Waals surface area (Å²) < 4.78 is 24.9. The van der Waals surface area contributed by atoms with Crippen LogP contribution in [0.15, 0.2) is 42.5 Å². The maximum absolute atomic E-state index is 13.9. The predicted octanol–water partition coefficient (Wildman–Crippen LogP) is 3.91. The molecule has 0 aliphatic carbocycles. The van der Waals surface area contributed by atoms with Crippen molar-refractivity contribution < 1.29 is 13.9 Å². The number of halogens is 1. The van der Waals surface area contributed by atoms with Crippen LogP contribution in [0.5, 0.6) is 17.2 Å². The van der Waals surface area contributed by atoms with Crippen molar-refractivity contribution in [2.75, 3.05) is 13.2 Å². The molecule has 0 unspecified atom stereocenters. The Hall–Kier alpha value is -2.07. The van der Waals surface area contributed by atoms with Gasteiger partial charge in [-0.3, -0.25) is 0 Å². The quantitative estimate of drug-likeness (QED) is 0.840. The van der Waals surface area contributed by atoms with Crippen molar-refractivity contribution in [3.05, 3.63) is 53.8 Å². The highest BCUT2D eigenvalue weighted by Crippen LogP contribution is 2.26. The maximum atomic E-state index is 13.9. The lowest BCUT2D eigenvalue weighted by Crippen LogP contribution is -2.03. The predicted molar refractivity (Wildman–Crippen MR) is 81.5 cm³/mol. The molecule has 0 bridgehead atoms. The van der Waals surface area contributed by atoms with E-state index in [1.54, 1.807) is 18.2 Å². The monoisotopic (exact) mass is 289 g/mol. The van der Waals surface area contributed by atoms with Crippen LogP contribution in [0, 0.1) is 5.82 Å². The summed E-state index contributed by atoms with van der Waals surface area (Å²) in [4.78, 5) is 0. The molecule has 0 heterocycles. The number of benzene rings is 2. The summed E-state index contributed by atoms with van der Waals surface area (Å²) in [5.41, 5.74) is 6.32. The van der Waals surface area contributed by atoms with E-state index in [1.165, 1.54) is 6.07 Å². The molecule has 2 aromatic rings. The molecule has 2 N–H and O–H groups in total. The highest BCUT2D eigenvalue weighted by molar-refractivity contribution is 5.37. The lowest BCUT2D eigenvalue weighted by molar-refractivity contribution is 0.317. The molecular weight excluding hydrogens is 269 g/mol. The van der Waals surface area contributed by atoms with Crippen LogP contribution in [-0.2, 0) is 6.42 Å². The van der Waals surface area contributed by atoms with Crippen LogP contribution in [0.4, 0.5) is 4.39 Å². The van der Waals surface area contributed by atoms with Crippen molar-refractivity contribution in [3.63, 3.8) is 0 Å². The van der Waals surface area contributed by atoms with Crippen molar-refractivity contribution in [2.45, 2.75) is 19.8 Å². The van der Waals surface area contributed by atoms with Crippen LogP contribution in [0.25, 0.3) is 0 Å². The summed E-state index contributed by atoms with van der Waals surface area (Å²) in [5.74, 6) is 1.18. The van der Waals surface area contributed by atoms with Gasteiger partial charge < -0.3 is 15.2 Å². The second-order valence-corrected chi connectivity index (χ2v) is 4.73. The van der Waals surface area contributed by atoms with Crippen molar-refractivity contribution in [2.24, 2.45) is 5.73 Å². The van der Waals surface area contributed by atoms with Gasteiger partial charge in [0.2, 0.25) is 0 Å². The average molecular weight is 289 g/mol. The summed E-state index contributed by atoms with van der Waals surface area (Å²) >= 11 is 0. The zero-order valence-corrected chi connectivity index (χ0v) is 12.1. The Labute approximate surface area is 124 Å². The third-order valence-corrected chi connectivity index (χ3v) is 2.95. The standard InChI is InChI=1S/C17H20FNO2/c1-2-11-20-14-4-6-15(7-5-14)21-17-8-3-13(9-10-19)12-16(17)18/h3-8,12H,2,9-11,19H2,1H3. The molecule has 0 aliphatic rings. The van der Waals surface area contributed by atoms with Crippen molar-refractivity contribution >= 4 is 0 Å². The molecule has 0 fully saturated rings. The van der Waals surface area contributed by atoms with Crippen molar-refractivity contribution in [1.29, 1.82) is 0 Å². The smallest absolute Gasteiger partial charge is 0.165 e. The first-order valence-corrected chi connectivity index (χ1v) is 7.12. The van der Waals surface area contributed by atoms with E-state index in [2.05, 4.69) is 6.92 Å². The van der Waals surface area contributed by atoms with E-state index in [0.717, 1.165) is 17.7 Å². The highest BCUT2D eigenvalue weighted by atomic mass is 19.1. The third kappa shape index (κ3) is 4.46. The van der Waals surface area contributed by atoms with E-state index < -0.39 is 0 Å². The van der Waals surface area contributed by atoms with Gasteiger partial charge in [0.25, 0.3) is 0 Å². The average Bonchev–Trinajstić information content (AvgIpc) is 2.49. The molecule has 2 aromatic carbocycles. The van der Waals surface area contributed by atoms with Gasteiger partial charge in [-0.25, -0.2) is 4.39 Å². The topological polar surface area (TPSA) is 44.5 Å². The van der Waals surface area contributed by atoms with E-state index in [-0.39, 0.29) is 11.6 Å². The molecule has 3 nitrogen and oxygen atoms in total. The van der Waals surface area contributed by atoms with Crippen molar-refractivity contribution in [1.82, 2.24) is 0 Å². The Morgan fingerprint density at radius 2 is 1.76 bits per heavy atom. The van der Waals surface area contributed by atoms with Gasteiger partial charge in [-0.2, -0.15) is 0 Å². The maximum Gasteiger partial charge on any atom is 0.165 e. The summed E-state index contributed by atoms with van der Waals surface area (Å²) in [7, 11) is 0. The molecular formula is C17H20FNO2. The fraction of sp³-hybridized carbons (Fsp3) is 0.294. The normalized spacial score (nSPS) is 10.4. The summed E-state index contributed by atoms with van der Waals surface area (Å²) in [5, 5.41) is 0. The van der Waals surface area contributed by atoms with Crippen molar-refractivity contribution in [3.8, 4) is 17.2 Å². The number of hydrogen-bond donors (Lipinski definition) is 1. The number of hydrogen-bond acceptors (Lipinski definition) is 3. The fourth-order valence-corrected chi connectivity index (χ4v) is 1.90. The van der Waals surface area contributed by atoms with Gasteiger partial charge in [0.15, 0.2) is 11.6 Å². The lowest BCUT2D eigenvalue weighted by atomic mass is 10.1. The molecule has 0 aliphatic heterocycles. The Morgan fingerprint density at radius 3 is 2.38 bits per heavy atom. The van der Waals surface area contributed by atoms with E-state index in [1.807, 2.05) is 18.2 Å². The first-order valence-electron chi connectivity index (χ1n) is 7.12. The van der Waals surface area contributed by atoms with Gasteiger partial charge >= 0.3 is 0 Å². The molecule has 0 saturated carbocycles. The largest absolute Gasteiger partial charge is 0.494 e. The molecule has 0 spiro atoms. The summed E-state index contributed by atoms with van der Waals surface area (Å²) in [6.45, 7) is 3.23. The molecule has 21 heavy (non-hydrogen) atoms. The fourth-order valence-electron chi connectivity index (χ4n) is 1.90. The first kappa shape index (κ1) is 15.3. The van der Waals surface area contributed by atoms with E-state index >= 15 is 0 Å². The SMILES string of the molecule is CCCOc1ccc(Oc2ccc(CCN)cc2F)cc1. The number of nitrogens with two attached hydrogens (primary N) is 1. The molecule has 2 rings (SSSR count). The molecule has 0 radical (unpaired) electrons. The van der Waals surface area contributed by atoms with E-state index in [4.69, 9.17) is 15.2 Å². The van der Waals surface area contributed by atoms with Gasteiger partial charge in [-0.05, 0) is 61.3 Å². The highest BCUT2D eigenvalue weighted by Gasteiger charge is 2.06. The second kappa shape index (κ2) is 7.64. The van der Waals surface area contributed by atoms with Crippen LogP contribution in [0.2, 0.25) is 0 Å². The Balaban J connectivity index is 2.04. The van der Waals surface area contributed by atoms with Gasteiger partial charge in [-0.1, -0.05) is 13.0 Å². The minimum atomic E-state index is -0.382. The molecule has 4 heteroatoms. The van der Waals surface area contributed by atoms with Gasteiger partial charge in [0.1, 0.15) is 11.5 Å². The lowest BCUT2D eigenvalue weighted by Gasteiger charge is -2.09. The van der Waals surface area contributed by atoms with Gasteiger partial charge in [-0.15, -0.1) is 0 Å². The summed E-state index contributed by atoms with van der Waals surface area (Å²) in [6.07, 6.45) is 1.61. The Morgan fingerprint density at radius 1 is 1.05 bits per heavy atom. The summed E-state index contributed by atoms with van der Waals surface area (Å²) in [6, 6.07) is 12.1. The molecule has 0 aromatic heterocycles. The van der Waals surface area contributed by atoms with Crippen LogP contribution in [-0.4, -0.2) is 13.2 Å². The Bertz CT molecular complexity index is 570. The zero-order valence-electron chi connectivity index (χ0n) is 12.1. The van der Waals surface area contributed by atoms with E-state index in [0.29, 0.717) is 25.3 Å². The third-order valence-electron chi connectivity index (χ3n) is 2.95. The first-order chi connectivity index (χ1) is 10.2. The Kier molecular flexibility index (Phi) is 5.58. The minimum Gasteiger partial charge on any atom is -0.494 e. The minimum absolute atomic E-state index is 0.206. The van der Waals surface area contributed by atoms with Crippen LogP contribution >= 0.6 is 0 Å². The molecule has 0 amide bonds. The molecule has 0 saturated heterocycles.